The summed E-state index contributed by atoms with van der Waals surface area (Å²) in [6.45, 7) is 2.06. The smallest absolute Gasteiger partial charge is 0.133 e. The van der Waals surface area contributed by atoms with Crippen LogP contribution in [0.2, 0.25) is 5.15 Å². The quantitative estimate of drug-likeness (QED) is 0.819. The first-order valence-electron chi connectivity index (χ1n) is 4.71. The van der Waals surface area contributed by atoms with Crippen LogP contribution in [0.15, 0.2) is 34.8 Å². The maximum Gasteiger partial charge on any atom is 0.133 e. The fourth-order valence-electron chi connectivity index (χ4n) is 1.37. The first kappa shape index (κ1) is 10.7. The zero-order valence-electron chi connectivity index (χ0n) is 8.24. The van der Waals surface area contributed by atoms with Gasteiger partial charge in [0, 0.05) is 4.47 Å². The minimum atomic E-state index is 0.643. The van der Waals surface area contributed by atoms with Gasteiger partial charge in [0.2, 0.25) is 0 Å². The monoisotopic (exact) mass is 284 g/mol. The van der Waals surface area contributed by atoms with E-state index in [1.54, 1.807) is 4.68 Å². The Morgan fingerprint density at radius 3 is 2.80 bits per heavy atom. The molecule has 0 unspecified atom stereocenters. The van der Waals surface area contributed by atoms with Crippen LogP contribution < -0.4 is 0 Å². The minimum absolute atomic E-state index is 0.643. The number of benzene rings is 1. The first-order chi connectivity index (χ1) is 7.20. The third kappa shape index (κ3) is 2.24. The number of nitrogens with zero attached hydrogens (tertiary/aromatic N) is 2. The summed E-state index contributed by atoms with van der Waals surface area (Å²) in [5.74, 6) is 0. The molecule has 0 aliphatic heterocycles. The summed E-state index contributed by atoms with van der Waals surface area (Å²) < 4.78 is 2.76. The molecule has 0 saturated heterocycles. The summed E-state index contributed by atoms with van der Waals surface area (Å²) in [7, 11) is 0. The average molecular weight is 286 g/mol. The lowest BCUT2D eigenvalue weighted by molar-refractivity contribution is 0.841. The Kier molecular flexibility index (Phi) is 3.12. The number of rotatable bonds is 2. The van der Waals surface area contributed by atoms with E-state index in [1.165, 1.54) is 0 Å². The normalized spacial score (nSPS) is 10.6. The van der Waals surface area contributed by atoms with E-state index in [0.717, 1.165) is 22.3 Å². The number of aromatic nitrogens is 2. The van der Waals surface area contributed by atoms with Crippen molar-refractivity contribution in [1.82, 2.24) is 9.78 Å². The number of aryl methyl sites for hydroxylation is 1. The fraction of sp³-hybridized carbons (Fsp3) is 0.182. The number of halogens is 2. The lowest BCUT2D eigenvalue weighted by Crippen LogP contribution is -1.96. The summed E-state index contributed by atoms with van der Waals surface area (Å²) in [5.41, 5.74) is 1.97. The van der Waals surface area contributed by atoms with Crippen LogP contribution in [0, 0.1) is 0 Å². The van der Waals surface area contributed by atoms with Crippen molar-refractivity contribution in [2.24, 2.45) is 0 Å². The van der Waals surface area contributed by atoms with Crippen LogP contribution in [0.1, 0.15) is 12.6 Å². The lowest BCUT2D eigenvalue weighted by Gasteiger charge is -2.02. The van der Waals surface area contributed by atoms with Crippen molar-refractivity contribution in [2.45, 2.75) is 13.3 Å². The molecule has 0 spiro atoms. The second-order valence-electron chi connectivity index (χ2n) is 3.20. The summed E-state index contributed by atoms with van der Waals surface area (Å²) in [6.07, 6.45) is 0.890. The summed E-state index contributed by atoms with van der Waals surface area (Å²) in [4.78, 5) is 0. The van der Waals surface area contributed by atoms with Gasteiger partial charge in [-0.1, -0.05) is 40.5 Å². The van der Waals surface area contributed by atoms with E-state index in [2.05, 4.69) is 28.0 Å². The van der Waals surface area contributed by atoms with Crippen molar-refractivity contribution >= 4 is 27.5 Å². The molecule has 0 bridgehead atoms. The molecule has 0 N–H and O–H groups in total. The van der Waals surface area contributed by atoms with E-state index in [9.17, 15) is 0 Å². The van der Waals surface area contributed by atoms with Gasteiger partial charge in [-0.25, -0.2) is 4.68 Å². The highest BCUT2D eigenvalue weighted by Gasteiger charge is 2.06. The van der Waals surface area contributed by atoms with Gasteiger partial charge in [-0.15, -0.1) is 0 Å². The Morgan fingerprint density at radius 1 is 1.40 bits per heavy atom. The Labute approximate surface area is 102 Å². The van der Waals surface area contributed by atoms with E-state index in [1.807, 2.05) is 30.3 Å². The predicted molar refractivity (Wildman–Crippen MR) is 65.7 cm³/mol. The van der Waals surface area contributed by atoms with Crippen molar-refractivity contribution in [2.75, 3.05) is 0 Å². The van der Waals surface area contributed by atoms with E-state index < -0.39 is 0 Å². The van der Waals surface area contributed by atoms with Gasteiger partial charge in [0.15, 0.2) is 0 Å². The second-order valence-corrected chi connectivity index (χ2v) is 4.51. The highest BCUT2D eigenvalue weighted by atomic mass is 79.9. The molecule has 0 amide bonds. The van der Waals surface area contributed by atoms with Crippen LogP contribution in [0.5, 0.6) is 0 Å². The Morgan fingerprint density at radius 2 is 2.20 bits per heavy atom. The van der Waals surface area contributed by atoms with Crippen LogP contribution >= 0.6 is 27.5 Å². The number of hydrogen-bond donors (Lipinski definition) is 0. The van der Waals surface area contributed by atoms with Gasteiger partial charge in [0.25, 0.3) is 0 Å². The van der Waals surface area contributed by atoms with Crippen LogP contribution in [-0.2, 0) is 6.42 Å². The molecule has 2 nitrogen and oxygen atoms in total. The summed E-state index contributed by atoms with van der Waals surface area (Å²) in [5, 5.41) is 5.05. The molecule has 0 aliphatic carbocycles. The molecule has 2 aromatic rings. The van der Waals surface area contributed by atoms with Crippen LogP contribution in [0.25, 0.3) is 5.69 Å². The summed E-state index contributed by atoms with van der Waals surface area (Å²) in [6, 6.07) is 9.79. The zero-order valence-corrected chi connectivity index (χ0v) is 10.6. The average Bonchev–Trinajstić information content (AvgIpc) is 2.60. The molecule has 78 valence electrons. The maximum atomic E-state index is 6.10. The van der Waals surface area contributed by atoms with Gasteiger partial charge in [-0.3, -0.25) is 0 Å². The minimum Gasteiger partial charge on any atom is -0.222 e. The maximum absolute atomic E-state index is 6.10. The van der Waals surface area contributed by atoms with Crippen LogP contribution in [-0.4, -0.2) is 9.78 Å². The molecule has 1 aromatic carbocycles. The summed E-state index contributed by atoms with van der Waals surface area (Å²) >= 11 is 9.52. The molecule has 0 fully saturated rings. The van der Waals surface area contributed by atoms with E-state index in [4.69, 9.17) is 11.6 Å². The molecule has 15 heavy (non-hydrogen) atoms. The van der Waals surface area contributed by atoms with E-state index in [-0.39, 0.29) is 0 Å². The molecule has 2 rings (SSSR count). The largest absolute Gasteiger partial charge is 0.222 e. The van der Waals surface area contributed by atoms with Crippen LogP contribution in [0.3, 0.4) is 0 Å². The molecular weight excluding hydrogens is 275 g/mol. The topological polar surface area (TPSA) is 17.8 Å². The van der Waals surface area contributed by atoms with Gasteiger partial charge < -0.3 is 0 Å². The molecule has 0 radical (unpaired) electrons. The molecular formula is C11H10BrClN2. The third-order valence-electron chi connectivity index (χ3n) is 2.13. The van der Waals surface area contributed by atoms with Gasteiger partial charge >= 0.3 is 0 Å². The molecule has 1 heterocycles. The van der Waals surface area contributed by atoms with Gasteiger partial charge in [-0.05, 0) is 30.7 Å². The van der Waals surface area contributed by atoms with Crippen molar-refractivity contribution in [3.05, 3.63) is 45.7 Å². The predicted octanol–water partition coefficient (Wildman–Crippen LogP) is 3.85. The first-order valence-corrected chi connectivity index (χ1v) is 5.88. The van der Waals surface area contributed by atoms with E-state index in [0.29, 0.717) is 5.15 Å². The zero-order chi connectivity index (χ0) is 10.8. The Balaban J connectivity index is 2.48. The van der Waals surface area contributed by atoms with Crippen molar-refractivity contribution in [3.63, 3.8) is 0 Å². The molecule has 0 atom stereocenters. The number of hydrogen-bond acceptors (Lipinski definition) is 1. The highest BCUT2D eigenvalue weighted by molar-refractivity contribution is 9.10. The SMILES string of the molecule is CCc1cc(Cl)n(-c2cccc(Br)c2)n1. The van der Waals surface area contributed by atoms with Gasteiger partial charge in [-0.2, -0.15) is 5.10 Å². The Hall–Kier alpha value is -0.800. The molecule has 1 aromatic heterocycles. The van der Waals surface area contributed by atoms with Gasteiger partial charge in [0.1, 0.15) is 5.15 Å². The fourth-order valence-corrected chi connectivity index (χ4v) is 2.01. The molecule has 0 saturated carbocycles. The van der Waals surface area contributed by atoms with Crippen LogP contribution in [0.4, 0.5) is 0 Å². The van der Waals surface area contributed by atoms with Crippen molar-refractivity contribution in [3.8, 4) is 5.69 Å². The van der Waals surface area contributed by atoms with Gasteiger partial charge in [0.05, 0.1) is 11.4 Å². The van der Waals surface area contributed by atoms with E-state index >= 15 is 0 Å². The lowest BCUT2D eigenvalue weighted by atomic mass is 10.3. The highest BCUT2D eigenvalue weighted by Crippen LogP contribution is 2.20. The van der Waals surface area contributed by atoms with Crippen molar-refractivity contribution < 1.29 is 0 Å². The molecule has 4 heteroatoms. The molecule has 0 aliphatic rings. The Bertz CT molecular complexity index is 479. The standard InChI is InChI=1S/C11H10BrClN2/c1-2-9-7-11(13)15(14-9)10-5-3-4-8(12)6-10/h3-7H,2H2,1H3. The second kappa shape index (κ2) is 4.37. The third-order valence-corrected chi connectivity index (χ3v) is 2.89. The van der Waals surface area contributed by atoms with Crippen molar-refractivity contribution in [1.29, 1.82) is 0 Å².